The number of nitrogens with one attached hydrogen (secondary N) is 1. The van der Waals surface area contributed by atoms with Gasteiger partial charge in [0.2, 0.25) is 0 Å². The Morgan fingerprint density at radius 2 is 1.74 bits per heavy atom. The van der Waals surface area contributed by atoms with Crippen LogP contribution in [-0.2, 0) is 9.59 Å². The molecule has 0 atom stereocenters. The Hall–Kier alpha value is -1.75. The molecule has 5 nitrogen and oxygen atoms in total. The number of ether oxygens (including phenoxy) is 1. The molecule has 0 bridgehead atoms. The lowest BCUT2D eigenvalue weighted by Crippen LogP contribution is -2.29. The molecule has 1 aromatic rings. The molecular formula is C17H24ClNO4. The minimum Gasteiger partial charge on any atom is -0.484 e. The van der Waals surface area contributed by atoms with E-state index in [9.17, 15) is 9.59 Å². The average molecular weight is 342 g/mol. The summed E-state index contributed by atoms with van der Waals surface area (Å²) in [5, 5.41) is 12.0. The number of carboxylic acid groups (broad SMARTS) is 1. The lowest BCUT2D eigenvalue weighted by Gasteiger charge is -2.10. The van der Waals surface area contributed by atoms with Gasteiger partial charge >= 0.3 is 5.97 Å². The van der Waals surface area contributed by atoms with Crippen molar-refractivity contribution in [3.8, 4) is 5.75 Å². The van der Waals surface area contributed by atoms with Crippen LogP contribution in [0.15, 0.2) is 12.1 Å². The van der Waals surface area contributed by atoms with Crippen LogP contribution < -0.4 is 10.1 Å². The van der Waals surface area contributed by atoms with Gasteiger partial charge in [-0.15, -0.1) is 0 Å². The summed E-state index contributed by atoms with van der Waals surface area (Å²) in [6.45, 7) is 4.34. The van der Waals surface area contributed by atoms with Crippen LogP contribution in [0.5, 0.6) is 5.75 Å². The number of benzene rings is 1. The van der Waals surface area contributed by atoms with Gasteiger partial charge in [-0.1, -0.05) is 24.4 Å². The number of hydrogen-bond donors (Lipinski definition) is 2. The molecule has 0 fully saturated rings. The number of amides is 1. The molecule has 0 radical (unpaired) electrons. The number of carboxylic acids is 1. The molecule has 0 aliphatic rings. The molecule has 0 saturated heterocycles. The Labute approximate surface area is 142 Å². The summed E-state index contributed by atoms with van der Waals surface area (Å²) >= 11 is 6.08. The first-order valence-electron chi connectivity index (χ1n) is 7.78. The van der Waals surface area contributed by atoms with Crippen LogP contribution in [0.2, 0.25) is 5.02 Å². The molecule has 0 unspecified atom stereocenters. The predicted octanol–water partition coefficient (Wildman–Crippen LogP) is 3.49. The highest BCUT2D eigenvalue weighted by Gasteiger charge is 2.06. The minimum atomic E-state index is -0.761. The topological polar surface area (TPSA) is 75.6 Å². The second-order valence-electron chi connectivity index (χ2n) is 5.57. The monoisotopic (exact) mass is 341 g/mol. The second kappa shape index (κ2) is 10.1. The highest BCUT2D eigenvalue weighted by Crippen LogP contribution is 2.25. The Bertz CT molecular complexity index is 522. The van der Waals surface area contributed by atoms with Gasteiger partial charge in [-0.25, -0.2) is 0 Å². The van der Waals surface area contributed by atoms with Crippen LogP contribution in [0, 0.1) is 13.8 Å². The molecule has 2 N–H and O–H groups in total. The number of carbonyl (C=O) groups excluding carboxylic acids is 1. The molecule has 0 aromatic heterocycles. The molecule has 0 spiro atoms. The average Bonchev–Trinajstić information content (AvgIpc) is 2.49. The third-order valence-electron chi connectivity index (χ3n) is 3.42. The van der Waals surface area contributed by atoms with Crippen molar-refractivity contribution in [3.05, 3.63) is 28.3 Å². The van der Waals surface area contributed by atoms with Crippen LogP contribution >= 0.6 is 11.6 Å². The van der Waals surface area contributed by atoms with E-state index < -0.39 is 5.97 Å². The Morgan fingerprint density at radius 3 is 2.35 bits per heavy atom. The van der Waals surface area contributed by atoms with Gasteiger partial charge in [-0.3, -0.25) is 9.59 Å². The summed E-state index contributed by atoms with van der Waals surface area (Å²) in [6, 6.07) is 3.62. The fourth-order valence-corrected chi connectivity index (χ4v) is 2.28. The maximum absolute atomic E-state index is 11.7. The predicted molar refractivity (Wildman–Crippen MR) is 90.2 cm³/mol. The Morgan fingerprint density at radius 1 is 1.13 bits per heavy atom. The highest BCUT2D eigenvalue weighted by atomic mass is 35.5. The summed E-state index contributed by atoms with van der Waals surface area (Å²) in [5.74, 6) is -0.294. The van der Waals surface area contributed by atoms with E-state index in [4.69, 9.17) is 21.4 Å². The van der Waals surface area contributed by atoms with E-state index in [0.29, 0.717) is 23.7 Å². The van der Waals surface area contributed by atoms with E-state index in [2.05, 4.69) is 5.32 Å². The molecule has 1 aromatic carbocycles. The van der Waals surface area contributed by atoms with Crippen molar-refractivity contribution in [2.45, 2.75) is 46.0 Å². The normalized spacial score (nSPS) is 10.4. The van der Waals surface area contributed by atoms with E-state index in [-0.39, 0.29) is 18.9 Å². The van der Waals surface area contributed by atoms with Crippen molar-refractivity contribution in [1.82, 2.24) is 5.32 Å². The van der Waals surface area contributed by atoms with E-state index in [1.54, 1.807) is 0 Å². The van der Waals surface area contributed by atoms with Crippen molar-refractivity contribution in [2.75, 3.05) is 13.2 Å². The molecule has 0 saturated carbocycles. The summed E-state index contributed by atoms with van der Waals surface area (Å²) in [6.07, 6.45) is 3.50. The van der Waals surface area contributed by atoms with Gasteiger partial charge in [0.15, 0.2) is 6.61 Å². The summed E-state index contributed by atoms with van der Waals surface area (Å²) in [5.41, 5.74) is 1.84. The van der Waals surface area contributed by atoms with Crippen LogP contribution in [0.25, 0.3) is 0 Å². The number of aliphatic carboxylic acids is 1. The third-order valence-corrected chi connectivity index (χ3v) is 4.02. The Kier molecular flexibility index (Phi) is 8.48. The molecule has 6 heteroatoms. The zero-order chi connectivity index (χ0) is 17.2. The van der Waals surface area contributed by atoms with Gasteiger partial charge in [0.05, 0.1) is 0 Å². The lowest BCUT2D eigenvalue weighted by molar-refractivity contribution is -0.137. The molecule has 23 heavy (non-hydrogen) atoms. The first-order chi connectivity index (χ1) is 10.9. The van der Waals surface area contributed by atoms with Gasteiger partial charge in [-0.05, 0) is 49.9 Å². The van der Waals surface area contributed by atoms with E-state index >= 15 is 0 Å². The van der Waals surface area contributed by atoms with Crippen molar-refractivity contribution >= 4 is 23.5 Å². The molecule has 1 rings (SSSR count). The molecule has 0 aliphatic carbocycles. The maximum atomic E-state index is 11.7. The number of aryl methyl sites for hydroxylation is 2. The van der Waals surface area contributed by atoms with Gasteiger partial charge in [0.25, 0.3) is 5.91 Å². The van der Waals surface area contributed by atoms with Crippen LogP contribution in [0.4, 0.5) is 0 Å². The first kappa shape index (κ1) is 19.3. The van der Waals surface area contributed by atoms with Gasteiger partial charge in [0, 0.05) is 18.0 Å². The number of rotatable bonds is 10. The molecule has 1 amide bonds. The van der Waals surface area contributed by atoms with E-state index in [1.807, 2.05) is 26.0 Å². The smallest absolute Gasteiger partial charge is 0.303 e. The zero-order valence-electron chi connectivity index (χ0n) is 13.7. The quantitative estimate of drug-likeness (QED) is 0.639. The molecule has 128 valence electrons. The fraction of sp³-hybridized carbons (Fsp3) is 0.529. The second-order valence-corrected chi connectivity index (χ2v) is 5.95. The first-order valence-corrected chi connectivity index (χ1v) is 8.16. The van der Waals surface area contributed by atoms with Crippen LogP contribution in [0.1, 0.15) is 43.2 Å². The van der Waals surface area contributed by atoms with Crippen molar-refractivity contribution < 1.29 is 19.4 Å². The zero-order valence-corrected chi connectivity index (χ0v) is 14.4. The standard InChI is InChI=1S/C17H24ClNO4/c1-12-9-14(10-13(2)17(12)18)23-11-15(20)19-8-6-4-3-5-7-16(21)22/h9-10H,3-8,11H2,1-2H3,(H,19,20)(H,21,22). The lowest BCUT2D eigenvalue weighted by atomic mass is 10.1. The van der Waals surface area contributed by atoms with E-state index in [1.165, 1.54) is 0 Å². The summed E-state index contributed by atoms with van der Waals surface area (Å²) in [7, 11) is 0. The third kappa shape index (κ3) is 7.88. The SMILES string of the molecule is Cc1cc(OCC(=O)NCCCCCCC(=O)O)cc(C)c1Cl. The Balaban J connectivity index is 2.16. The van der Waals surface area contributed by atoms with Gasteiger partial charge in [-0.2, -0.15) is 0 Å². The number of carbonyl (C=O) groups is 2. The fourth-order valence-electron chi connectivity index (χ4n) is 2.17. The van der Waals surface area contributed by atoms with Crippen molar-refractivity contribution in [1.29, 1.82) is 0 Å². The van der Waals surface area contributed by atoms with Crippen LogP contribution in [0.3, 0.4) is 0 Å². The van der Waals surface area contributed by atoms with Crippen molar-refractivity contribution in [2.24, 2.45) is 0 Å². The number of unbranched alkanes of at least 4 members (excludes halogenated alkanes) is 3. The number of hydrogen-bond acceptors (Lipinski definition) is 3. The van der Waals surface area contributed by atoms with Crippen LogP contribution in [-0.4, -0.2) is 30.1 Å². The molecule has 0 aliphatic heterocycles. The molecular weight excluding hydrogens is 318 g/mol. The van der Waals surface area contributed by atoms with Gasteiger partial charge < -0.3 is 15.2 Å². The summed E-state index contributed by atoms with van der Waals surface area (Å²) < 4.78 is 5.47. The summed E-state index contributed by atoms with van der Waals surface area (Å²) in [4.78, 5) is 22.0. The number of halogens is 1. The van der Waals surface area contributed by atoms with Gasteiger partial charge in [0.1, 0.15) is 5.75 Å². The largest absolute Gasteiger partial charge is 0.484 e. The minimum absolute atomic E-state index is 0.0282. The highest BCUT2D eigenvalue weighted by molar-refractivity contribution is 6.32. The van der Waals surface area contributed by atoms with E-state index in [0.717, 1.165) is 30.4 Å². The van der Waals surface area contributed by atoms with Crippen molar-refractivity contribution in [3.63, 3.8) is 0 Å². The molecule has 0 heterocycles. The maximum Gasteiger partial charge on any atom is 0.303 e.